The van der Waals surface area contributed by atoms with Gasteiger partial charge in [0.2, 0.25) is 0 Å². The van der Waals surface area contributed by atoms with Crippen molar-refractivity contribution in [3.8, 4) is 5.75 Å². The Morgan fingerprint density at radius 2 is 1.95 bits per heavy atom. The summed E-state index contributed by atoms with van der Waals surface area (Å²) in [7, 11) is 0. The van der Waals surface area contributed by atoms with E-state index in [4.69, 9.17) is 4.74 Å². The fourth-order valence-electron chi connectivity index (χ4n) is 2.83. The monoisotopic (exact) mass is 286 g/mol. The zero-order valence-electron chi connectivity index (χ0n) is 11.3. The fourth-order valence-corrected chi connectivity index (χ4v) is 2.83. The molecule has 0 radical (unpaired) electrons. The Hall–Kier alpha value is -2.36. The van der Waals surface area contributed by atoms with Gasteiger partial charge in [0.25, 0.3) is 0 Å². The van der Waals surface area contributed by atoms with Crippen LogP contribution in [0, 0.1) is 5.82 Å². The van der Waals surface area contributed by atoms with E-state index in [-0.39, 0.29) is 11.5 Å². The Morgan fingerprint density at radius 1 is 1.24 bits per heavy atom. The topological polar surface area (TPSA) is 46.5 Å². The van der Waals surface area contributed by atoms with Crippen molar-refractivity contribution in [2.75, 3.05) is 6.61 Å². The molecule has 1 N–H and O–H groups in total. The molecule has 2 aromatic carbocycles. The van der Waals surface area contributed by atoms with Crippen molar-refractivity contribution in [3.05, 3.63) is 65.5 Å². The molecule has 0 fully saturated rings. The van der Waals surface area contributed by atoms with Crippen molar-refractivity contribution in [1.82, 2.24) is 0 Å². The van der Waals surface area contributed by atoms with Crippen LogP contribution in [0.15, 0.2) is 48.5 Å². The predicted octanol–water partition coefficient (Wildman–Crippen LogP) is 3.56. The first-order chi connectivity index (χ1) is 10.2. The zero-order chi connectivity index (χ0) is 14.8. The lowest BCUT2D eigenvalue weighted by Crippen LogP contribution is -2.17. The van der Waals surface area contributed by atoms with E-state index >= 15 is 0 Å². The number of para-hydroxylation sites is 1. The van der Waals surface area contributed by atoms with Crippen LogP contribution in [-0.2, 0) is 4.79 Å². The smallest absolute Gasteiger partial charge is 0.311 e. The first-order valence-corrected chi connectivity index (χ1v) is 6.85. The van der Waals surface area contributed by atoms with Crippen molar-refractivity contribution in [2.24, 2.45) is 0 Å². The Balaban J connectivity index is 1.88. The van der Waals surface area contributed by atoms with E-state index in [1.54, 1.807) is 12.1 Å². The summed E-state index contributed by atoms with van der Waals surface area (Å²) in [5.41, 5.74) is 1.23. The third-order valence-electron chi connectivity index (χ3n) is 3.90. The van der Waals surface area contributed by atoms with E-state index in [9.17, 15) is 14.3 Å². The second kappa shape index (κ2) is 5.56. The minimum atomic E-state index is -1.01. The molecule has 2 unspecified atom stereocenters. The lowest BCUT2D eigenvalue weighted by Gasteiger charge is -2.17. The highest BCUT2D eigenvalue weighted by Crippen LogP contribution is 2.39. The van der Waals surface area contributed by atoms with Crippen molar-refractivity contribution in [2.45, 2.75) is 18.3 Å². The van der Waals surface area contributed by atoms with E-state index in [1.807, 2.05) is 24.3 Å². The third kappa shape index (κ3) is 2.61. The molecule has 1 heterocycles. The number of fused-ring (bicyclic) bond motifs is 1. The van der Waals surface area contributed by atoms with Crippen LogP contribution in [0.4, 0.5) is 4.39 Å². The lowest BCUT2D eigenvalue weighted by atomic mass is 9.86. The zero-order valence-corrected chi connectivity index (χ0v) is 11.3. The molecular formula is C17H15FO3. The molecule has 3 rings (SSSR count). The molecule has 0 spiro atoms. The van der Waals surface area contributed by atoms with Gasteiger partial charge in [0.05, 0.1) is 12.5 Å². The number of carboxylic acids is 1. The first-order valence-electron chi connectivity index (χ1n) is 6.85. The predicted molar refractivity (Wildman–Crippen MR) is 76.1 cm³/mol. The fraction of sp³-hybridized carbons (Fsp3) is 0.235. The van der Waals surface area contributed by atoms with Gasteiger partial charge in [-0.3, -0.25) is 4.79 Å². The number of aliphatic carboxylic acids is 1. The molecule has 0 aromatic heterocycles. The summed E-state index contributed by atoms with van der Waals surface area (Å²) in [6, 6.07) is 13.6. The van der Waals surface area contributed by atoms with E-state index in [2.05, 4.69) is 0 Å². The Kier molecular flexibility index (Phi) is 3.60. The lowest BCUT2D eigenvalue weighted by molar-refractivity contribution is -0.139. The van der Waals surface area contributed by atoms with Gasteiger partial charge in [-0.1, -0.05) is 36.4 Å². The first kappa shape index (κ1) is 13.6. The molecule has 21 heavy (non-hydrogen) atoms. The minimum absolute atomic E-state index is 0.0260. The van der Waals surface area contributed by atoms with Gasteiger partial charge in [-0.15, -0.1) is 0 Å². The molecule has 0 saturated carbocycles. The Bertz CT molecular complexity index is 669. The summed E-state index contributed by atoms with van der Waals surface area (Å²) in [4.78, 5) is 11.5. The van der Waals surface area contributed by atoms with Crippen molar-refractivity contribution < 1.29 is 19.0 Å². The van der Waals surface area contributed by atoms with Gasteiger partial charge in [-0.05, 0) is 18.6 Å². The maximum Gasteiger partial charge on any atom is 0.311 e. The van der Waals surface area contributed by atoms with Crippen LogP contribution in [0.3, 0.4) is 0 Å². The number of benzene rings is 2. The number of ether oxygens (including phenoxy) is 1. The van der Waals surface area contributed by atoms with Gasteiger partial charge in [-0.2, -0.15) is 0 Å². The van der Waals surface area contributed by atoms with E-state index < -0.39 is 17.7 Å². The number of rotatable bonds is 4. The van der Waals surface area contributed by atoms with Gasteiger partial charge in [0, 0.05) is 17.0 Å². The summed E-state index contributed by atoms with van der Waals surface area (Å²) >= 11 is 0. The summed E-state index contributed by atoms with van der Waals surface area (Å²) in [5, 5.41) is 9.45. The van der Waals surface area contributed by atoms with Crippen LogP contribution in [0.1, 0.15) is 29.4 Å². The quantitative estimate of drug-likeness (QED) is 0.934. The molecule has 2 aromatic rings. The van der Waals surface area contributed by atoms with Gasteiger partial charge in [0.1, 0.15) is 11.6 Å². The van der Waals surface area contributed by atoms with E-state index in [0.29, 0.717) is 13.0 Å². The minimum Gasteiger partial charge on any atom is -0.493 e. The number of halogens is 1. The van der Waals surface area contributed by atoms with Gasteiger partial charge in [0.15, 0.2) is 0 Å². The molecule has 0 saturated heterocycles. The molecule has 1 aliphatic rings. The van der Waals surface area contributed by atoms with Crippen molar-refractivity contribution >= 4 is 5.97 Å². The van der Waals surface area contributed by atoms with Crippen LogP contribution >= 0.6 is 0 Å². The van der Waals surface area contributed by atoms with Gasteiger partial charge in [-0.25, -0.2) is 4.39 Å². The molecule has 0 bridgehead atoms. The largest absolute Gasteiger partial charge is 0.493 e. The maximum atomic E-state index is 13.9. The van der Waals surface area contributed by atoms with Gasteiger partial charge >= 0.3 is 5.97 Å². The highest BCUT2D eigenvalue weighted by atomic mass is 19.1. The number of carboxylic acid groups (broad SMARTS) is 1. The second-order valence-electron chi connectivity index (χ2n) is 5.19. The molecule has 0 aliphatic carbocycles. The number of carbonyl (C=O) groups is 1. The summed E-state index contributed by atoms with van der Waals surface area (Å²) in [6.07, 6.45) is 0.327. The van der Waals surface area contributed by atoms with Crippen LogP contribution in [0.5, 0.6) is 5.75 Å². The Labute approximate surface area is 122 Å². The number of hydrogen-bond donors (Lipinski definition) is 1. The van der Waals surface area contributed by atoms with Crippen LogP contribution in [0.2, 0.25) is 0 Å². The van der Waals surface area contributed by atoms with E-state index in [0.717, 1.165) is 11.3 Å². The third-order valence-corrected chi connectivity index (χ3v) is 3.90. The standard InChI is InChI=1S/C17H15FO3/c18-15-7-3-1-6-13(15)14(17(19)20)9-11-10-21-16-8-4-2-5-12(11)16/h1-8,11,14H,9-10H2,(H,19,20). The molecule has 3 nitrogen and oxygen atoms in total. The average molecular weight is 286 g/mol. The molecule has 0 amide bonds. The molecule has 1 aliphatic heterocycles. The Morgan fingerprint density at radius 3 is 2.71 bits per heavy atom. The van der Waals surface area contributed by atoms with E-state index in [1.165, 1.54) is 12.1 Å². The van der Waals surface area contributed by atoms with Crippen LogP contribution < -0.4 is 4.74 Å². The molecule has 2 atom stereocenters. The molecule has 108 valence electrons. The summed E-state index contributed by atoms with van der Waals surface area (Å²) in [5.74, 6) is -1.59. The highest BCUT2D eigenvalue weighted by molar-refractivity contribution is 5.76. The normalized spacial score (nSPS) is 17.9. The average Bonchev–Trinajstić information content (AvgIpc) is 2.89. The SMILES string of the molecule is O=C(O)C(CC1COc2ccccc21)c1ccccc1F. The summed E-state index contributed by atoms with van der Waals surface area (Å²) < 4.78 is 19.4. The van der Waals surface area contributed by atoms with Crippen molar-refractivity contribution in [1.29, 1.82) is 0 Å². The highest BCUT2D eigenvalue weighted by Gasteiger charge is 2.31. The molecular weight excluding hydrogens is 271 g/mol. The second-order valence-corrected chi connectivity index (χ2v) is 5.19. The van der Waals surface area contributed by atoms with Gasteiger partial charge < -0.3 is 9.84 Å². The van der Waals surface area contributed by atoms with Crippen molar-refractivity contribution in [3.63, 3.8) is 0 Å². The maximum absolute atomic E-state index is 13.9. The number of hydrogen-bond acceptors (Lipinski definition) is 2. The summed E-state index contributed by atoms with van der Waals surface area (Å²) in [6.45, 7) is 0.442. The molecule has 4 heteroatoms. The van der Waals surface area contributed by atoms with Crippen LogP contribution in [0.25, 0.3) is 0 Å². The van der Waals surface area contributed by atoms with Crippen LogP contribution in [-0.4, -0.2) is 17.7 Å².